The molecule has 1 aliphatic carbocycles. The molecule has 0 radical (unpaired) electrons. The fraction of sp³-hybridized carbons (Fsp3) is 0.360. The highest BCUT2D eigenvalue weighted by molar-refractivity contribution is 6.32. The van der Waals surface area contributed by atoms with Crippen LogP contribution in [0.25, 0.3) is 6.08 Å². The van der Waals surface area contributed by atoms with Crippen molar-refractivity contribution in [1.29, 1.82) is 0 Å². The molecule has 3 unspecified atom stereocenters. The number of fused-ring (bicyclic) bond motifs is 1. The van der Waals surface area contributed by atoms with Crippen molar-refractivity contribution in [2.45, 2.75) is 39.2 Å². The van der Waals surface area contributed by atoms with Crippen molar-refractivity contribution in [3.8, 4) is 5.75 Å². The van der Waals surface area contributed by atoms with Crippen LogP contribution in [0.15, 0.2) is 48.2 Å². The van der Waals surface area contributed by atoms with Crippen molar-refractivity contribution < 1.29 is 18.7 Å². The number of amides is 2. The summed E-state index contributed by atoms with van der Waals surface area (Å²) >= 11 is 6.12. The smallest absolute Gasteiger partial charge is 0.294 e. The second kappa shape index (κ2) is 9.33. The van der Waals surface area contributed by atoms with Crippen molar-refractivity contribution in [1.82, 2.24) is 5.32 Å². The Morgan fingerprint density at radius 2 is 2.00 bits per heavy atom. The lowest BCUT2D eigenvalue weighted by Gasteiger charge is -2.35. The molecule has 1 saturated carbocycles. The van der Waals surface area contributed by atoms with Crippen LogP contribution >= 0.6 is 11.6 Å². The molecule has 7 heteroatoms. The Kier molecular flexibility index (Phi) is 6.51. The topological polar surface area (TPSA) is 58.6 Å². The first-order valence-electron chi connectivity index (χ1n) is 10.9. The fourth-order valence-corrected chi connectivity index (χ4v) is 4.60. The van der Waals surface area contributed by atoms with Crippen LogP contribution in [-0.4, -0.2) is 24.4 Å². The summed E-state index contributed by atoms with van der Waals surface area (Å²) in [5, 5.41) is 3.27. The van der Waals surface area contributed by atoms with Gasteiger partial charge in [-0.3, -0.25) is 14.5 Å². The average Bonchev–Trinajstić information content (AvgIpc) is 2.76. The van der Waals surface area contributed by atoms with E-state index in [1.165, 1.54) is 29.2 Å². The van der Waals surface area contributed by atoms with E-state index in [0.29, 0.717) is 23.3 Å². The Balaban J connectivity index is 1.60. The third-order valence-corrected chi connectivity index (χ3v) is 6.79. The maximum atomic E-state index is 14.3. The minimum Gasteiger partial charge on any atom is -0.449 e. The fourth-order valence-electron chi connectivity index (χ4n) is 4.38. The Morgan fingerprint density at radius 1 is 1.22 bits per heavy atom. The highest BCUT2D eigenvalue weighted by Gasteiger charge is 2.34. The largest absolute Gasteiger partial charge is 0.449 e. The summed E-state index contributed by atoms with van der Waals surface area (Å²) in [6.07, 6.45) is 4.45. The van der Waals surface area contributed by atoms with Crippen LogP contribution in [0.2, 0.25) is 5.02 Å². The molecule has 1 heterocycles. The van der Waals surface area contributed by atoms with Gasteiger partial charge in [0.2, 0.25) is 5.91 Å². The number of nitrogens with zero attached hydrogens (tertiary/aromatic N) is 1. The molecule has 2 aliphatic rings. The van der Waals surface area contributed by atoms with Gasteiger partial charge in [0.25, 0.3) is 5.91 Å². The predicted molar refractivity (Wildman–Crippen MR) is 123 cm³/mol. The second-order valence-corrected chi connectivity index (χ2v) is 8.95. The zero-order valence-corrected chi connectivity index (χ0v) is 18.9. The molecular weight excluding hydrogens is 431 g/mol. The van der Waals surface area contributed by atoms with Gasteiger partial charge in [-0.1, -0.05) is 56.5 Å². The molecule has 168 valence electrons. The Labute approximate surface area is 192 Å². The summed E-state index contributed by atoms with van der Waals surface area (Å²) < 4.78 is 20.1. The minimum absolute atomic E-state index is 0.0614. The zero-order chi connectivity index (χ0) is 22.8. The number of ether oxygens (including phenoxy) is 1. The Bertz CT molecular complexity index is 1050. The molecule has 0 aromatic heterocycles. The predicted octanol–water partition coefficient (Wildman–Crippen LogP) is 5.19. The third-order valence-electron chi connectivity index (χ3n) is 6.46. The van der Waals surface area contributed by atoms with Crippen LogP contribution in [0.5, 0.6) is 5.75 Å². The van der Waals surface area contributed by atoms with Gasteiger partial charge < -0.3 is 10.1 Å². The van der Waals surface area contributed by atoms with E-state index in [9.17, 15) is 14.0 Å². The van der Waals surface area contributed by atoms with Crippen LogP contribution in [-0.2, 0) is 9.59 Å². The number of nitrogens with one attached hydrogen (secondary N) is 1. The van der Waals surface area contributed by atoms with Crippen molar-refractivity contribution in [3.05, 3.63) is 64.6 Å². The van der Waals surface area contributed by atoms with Crippen LogP contribution in [0.1, 0.15) is 38.7 Å². The first-order valence-corrected chi connectivity index (χ1v) is 11.3. The van der Waals surface area contributed by atoms with Gasteiger partial charge in [-0.15, -0.1) is 0 Å². The third kappa shape index (κ3) is 4.51. The van der Waals surface area contributed by atoms with Gasteiger partial charge in [0.1, 0.15) is 12.4 Å². The number of hydrogen-bond acceptors (Lipinski definition) is 3. The summed E-state index contributed by atoms with van der Waals surface area (Å²) in [5.74, 6) is -0.0854. The molecule has 4 rings (SSSR count). The van der Waals surface area contributed by atoms with E-state index in [-0.39, 0.29) is 34.8 Å². The molecule has 1 N–H and O–H groups in total. The lowest BCUT2D eigenvalue weighted by atomic mass is 9.78. The molecule has 1 aliphatic heterocycles. The number of rotatable bonds is 4. The van der Waals surface area contributed by atoms with Crippen LogP contribution in [0, 0.1) is 17.7 Å². The number of anilines is 1. The van der Waals surface area contributed by atoms with Crippen molar-refractivity contribution in [3.63, 3.8) is 0 Å². The summed E-state index contributed by atoms with van der Waals surface area (Å²) in [4.78, 5) is 27.5. The lowest BCUT2D eigenvalue weighted by Crippen LogP contribution is -2.49. The van der Waals surface area contributed by atoms with Gasteiger partial charge in [-0.25, -0.2) is 4.39 Å². The summed E-state index contributed by atoms with van der Waals surface area (Å²) in [6, 6.07) is 11.3. The molecule has 0 bridgehead atoms. The first-order chi connectivity index (χ1) is 15.3. The maximum absolute atomic E-state index is 14.3. The maximum Gasteiger partial charge on any atom is 0.294 e. The summed E-state index contributed by atoms with van der Waals surface area (Å²) in [6.45, 7) is 4.21. The highest BCUT2D eigenvalue weighted by atomic mass is 35.5. The van der Waals surface area contributed by atoms with E-state index in [1.54, 1.807) is 24.3 Å². The lowest BCUT2D eigenvalue weighted by molar-refractivity contribution is -0.124. The molecule has 1 fully saturated rings. The molecule has 0 saturated heterocycles. The summed E-state index contributed by atoms with van der Waals surface area (Å²) in [5.41, 5.74) is 0.556. The monoisotopic (exact) mass is 456 g/mol. The average molecular weight is 457 g/mol. The molecule has 0 spiro atoms. The van der Waals surface area contributed by atoms with Crippen LogP contribution < -0.4 is 15.0 Å². The molecule has 32 heavy (non-hydrogen) atoms. The number of carbonyl (C=O) groups excluding carboxylic acids is 2. The van der Waals surface area contributed by atoms with E-state index in [2.05, 4.69) is 19.2 Å². The molecule has 2 aromatic carbocycles. The molecule has 3 atom stereocenters. The number of hydrogen-bond donors (Lipinski definition) is 1. The SMILES string of the molecule is CC1CCCC(NC(=O)CN2C(=O)/C(=C/c3c(F)cccc3Cl)Oc3ccccc32)C1C. The molecule has 2 aromatic rings. The summed E-state index contributed by atoms with van der Waals surface area (Å²) in [7, 11) is 0. The molecule has 5 nitrogen and oxygen atoms in total. The van der Waals surface area contributed by atoms with Crippen molar-refractivity contribution >= 4 is 35.2 Å². The van der Waals surface area contributed by atoms with Crippen molar-refractivity contribution in [2.75, 3.05) is 11.4 Å². The standard InChI is InChI=1S/C25H26ClFN2O3/c1-15-7-5-10-20(16(15)2)28-24(30)14-29-21-11-3-4-12-22(21)32-23(25(29)31)13-17-18(26)8-6-9-19(17)27/h3-4,6,8-9,11-13,15-16,20H,5,7,10,14H2,1-2H3,(H,28,30)/b23-13-. The van der Waals surface area contributed by atoms with Gasteiger partial charge in [0, 0.05) is 11.6 Å². The Hall–Kier alpha value is -2.86. The van der Waals surface area contributed by atoms with Gasteiger partial charge in [-0.2, -0.15) is 0 Å². The van der Waals surface area contributed by atoms with Gasteiger partial charge in [-0.05, 0) is 48.6 Å². The molecular formula is C25H26ClFN2O3. The van der Waals surface area contributed by atoms with E-state index in [1.807, 2.05) is 0 Å². The number of benzene rings is 2. The van der Waals surface area contributed by atoms with Gasteiger partial charge in [0.05, 0.1) is 10.7 Å². The number of para-hydroxylation sites is 2. The molecule has 2 amide bonds. The minimum atomic E-state index is -0.565. The second-order valence-electron chi connectivity index (χ2n) is 8.55. The van der Waals surface area contributed by atoms with Gasteiger partial charge in [0.15, 0.2) is 11.5 Å². The van der Waals surface area contributed by atoms with E-state index >= 15 is 0 Å². The van der Waals surface area contributed by atoms with E-state index in [4.69, 9.17) is 16.3 Å². The van der Waals surface area contributed by atoms with E-state index < -0.39 is 11.7 Å². The quantitative estimate of drug-likeness (QED) is 0.644. The van der Waals surface area contributed by atoms with Crippen molar-refractivity contribution in [2.24, 2.45) is 11.8 Å². The van der Waals surface area contributed by atoms with Gasteiger partial charge >= 0.3 is 0 Å². The normalized spacial score (nSPS) is 24.1. The highest BCUT2D eigenvalue weighted by Crippen LogP contribution is 2.36. The van der Waals surface area contributed by atoms with Crippen LogP contribution in [0.4, 0.5) is 10.1 Å². The van der Waals surface area contributed by atoms with E-state index in [0.717, 1.165) is 19.3 Å². The number of carbonyl (C=O) groups is 2. The zero-order valence-electron chi connectivity index (χ0n) is 18.1. The van der Waals surface area contributed by atoms with Crippen LogP contribution in [0.3, 0.4) is 0 Å². The number of halogens is 2. The Morgan fingerprint density at radius 3 is 2.78 bits per heavy atom. The first kappa shape index (κ1) is 22.3.